The van der Waals surface area contributed by atoms with E-state index in [1.165, 1.54) is 25.7 Å². The predicted molar refractivity (Wildman–Crippen MR) is 82.6 cm³/mol. The fourth-order valence-corrected chi connectivity index (χ4v) is 3.31. The molecule has 1 unspecified atom stereocenters. The fraction of sp³-hybridized carbons (Fsp3) is 1.00. The van der Waals surface area contributed by atoms with Crippen molar-refractivity contribution in [3.63, 3.8) is 0 Å². The van der Waals surface area contributed by atoms with Gasteiger partial charge >= 0.3 is 0 Å². The highest BCUT2D eigenvalue weighted by Crippen LogP contribution is 2.38. The number of nitrogens with one attached hydrogen (secondary N) is 1. The highest BCUT2D eigenvalue weighted by molar-refractivity contribution is 5.01. The van der Waals surface area contributed by atoms with Crippen molar-refractivity contribution < 1.29 is 4.74 Å². The van der Waals surface area contributed by atoms with Crippen molar-refractivity contribution in [2.45, 2.75) is 71.1 Å². The molecule has 0 amide bonds. The molecule has 0 aromatic carbocycles. The molecule has 1 N–H and O–H groups in total. The Balaban J connectivity index is 2.79. The largest absolute Gasteiger partial charge is 0.377 e. The Morgan fingerprint density at radius 3 is 2.26 bits per heavy atom. The smallest absolute Gasteiger partial charge is 0.0641 e. The summed E-state index contributed by atoms with van der Waals surface area (Å²) in [5.41, 5.74) is 0.261. The Bertz CT molecular complexity index is 245. The number of ether oxygens (including phenoxy) is 1. The molecular weight excluding hydrogens is 236 g/mol. The zero-order valence-electron chi connectivity index (χ0n) is 13.8. The van der Waals surface area contributed by atoms with Gasteiger partial charge in [0.05, 0.1) is 12.7 Å². The van der Waals surface area contributed by atoms with E-state index in [1.807, 2.05) is 0 Å². The van der Waals surface area contributed by atoms with Gasteiger partial charge in [-0.15, -0.1) is 0 Å². The molecule has 1 aliphatic carbocycles. The molecule has 0 saturated heterocycles. The molecule has 1 fully saturated rings. The summed E-state index contributed by atoms with van der Waals surface area (Å²) in [6.07, 6.45) is 5.53. The minimum absolute atomic E-state index is 0.261. The van der Waals surface area contributed by atoms with Crippen LogP contribution in [0.15, 0.2) is 0 Å². The first-order valence-corrected chi connectivity index (χ1v) is 7.94. The van der Waals surface area contributed by atoms with Crippen LogP contribution in [0.25, 0.3) is 0 Å². The second-order valence-corrected chi connectivity index (χ2v) is 6.67. The monoisotopic (exact) mass is 270 g/mol. The first kappa shape index (κ1) is 16.9. The van der Waals surface area contributed by atoms with Crippen LogP contribution < -0.4 is 5.32 Å². The first-order chi connectivity index (χ1) is 8.92. The van der Waals surface area contributed by atoms with Gasteiger partial charge in [0.1, 0.15) is 0 Å². The molecular formula is C16H34N2O. The summed E-state index contributed by atoms with van der Waals surface area (Å²) >= 11 is 0. The van der Waals surface area contributed by atoms with Crippen LogP contribution in [0.1, 0.15) is 53.4 Å². The molecule has 1 aliphatic rings. The van der Waals surface area contributed by atoms with Gasteiger partial charge in [0, 0.05) is 11.6 Å². The maximum Gasteiger partial charge on any atom is 0.0641 e. The van der Waals surface area contributed by atoms with Gasteiger partial charge in [0.25, 0.3) is 0 Å². The molecule has 0 aromatic heterocycles. The van der Waals surface area contributed by atoms with Gasteiger partial charge in [-0.1, -0.05) is 13.8 Å². The molecule has 0 aromatic rings. The van der Waals surface area contributed by atoms with E-state index in [4.69, 9.17) is 4.74 Å². The number of hydrogen-bond donors (Lipinski definition) is 1. The van der Waals surface area contributed by atoms with E-state index in [0.29, 0.717) is 12.1 Å². The van der Waals surface area contributed by atoms with Crippen LogP contribution in [0, 0.1) is 5.92 Å². The van der Waals surface area contributed by atoms with Crippen LogP contribution in [-0.4, -0.2) is 49.8 Å². The molecule has 114 valence electrons. The van der Waals surface area contributed by atoms with Crippen molar-refractivity contribution in [1.82, 2.24) is 10.2 Å². The normalized spacial score (nSPS) is 30.0. The third-order valence-electron chi connectivity index (χ3n) is 4.73. The summed E-state index contributed by atoms with van der Waals surface area (Å²) in [6, 6.07) is 0.433. The molecule has 3 nitrogen and oxygen atoms in total. The van der Waals surface area contributed by atoms with E-state index < -0.39 is 0 Å². The summed E-state index contributed by atoms with van der Waals surface area (Å²) in [5.74, 6) is 0.876. The Hall–Kier alpha value is -0.120. The predicted octanol–water partition coefficient (Wildman–Crippen LogP) is 2.90. The number of rotatable bonds is 7. The Morgan fingerprint density at radius 2 is 1.84 bits per heavy atom. The van der Waals surface area contributed by atoms with Gasteiger partial charge in [-0.2, -0.15) is 0 Å². The maximum absolute atomic E-state index is 5.92. The summed E-state index contributed by atoms with van der Waals surface area (Å²) in [7, 11) is 4.46. The van der Waals surface area contributed by atoms with Crippen molar-refractivity contribution in [2.75, 3.05) is 27.2 Å². The van der Waals surface area contributed by atoms with Crippen LogP contribution in [0.4, 0.5) is 0 Å². The van der Waals surface area contributed by atoms with Crippen LogP contribution in [-0.2, 0) is 4.74 Å². The minimum atomic E-state index is 0.261. The van der Waals surface area contributed by atoms with Gasteiger partial charge in [0.2, 0.25) is 0 Å². The highest BCUT2D eigenvalue weighted by Gasteiger charge is 2.42. The van der Waals surface area contributed by atoms with E-state index in [9.17, 15) is 0 Å². The Kier molecular flexibility index (Phi) is 6.78. The zero-order valence-corrected chi connectivity index (χ0v) is 13.8. The van der Waals surface area contributed by atoms with E-state index in [2.05, 4.69) is 52.0 Å². The van der Waals surface area contributed by atoms with Crippen molar-refractivity contribution in [2.24, 2.45) is 5.92 Å². The molecule has 3 heteroatoms. The van der Waals surface area contributed by atoms with Crippen molar-refractivity contribution in [1.29, 1.82) is 0 Å². The SMILES string of the molecule is CCNC(COC(C)C)C1(N(C)C)CCC(C)CC1. The lowest BCUT2D eigenvalue weighted by Gasteiger charge is -2.50. The lowest BCUT2D eigenvalue weighted by Crippen LogP contribution is -2.62. The van der Waals surface area contributed by atoms with Crippen molar-refractivity contribution >= 4 is 0 Å². The molecule has 1 rings (SSSR count). The van der Waals surface area contributed by atoms with Gasteiger partial charge in [-0.05, 0) is 66.1 Å². The van der Waals surface area contributed by atoms with Crippen molar-refractivity contribution in [3.8, 4) is 0 Å². The van der Waals surface area contributed by atoms with E-state index >= 15 is 0 Å². The summed E-state index contributed by atoms with van der Waals surface area (Å²) in [6.45, 7) is 10.6. The molecule has 0 radical (unpaired) electrons. The van der Waals surface area contributed by atoms with Crippen LogP contribution >= 0.6 is 0 Å². The molecule has 0 heterocycles. The van der Waals surface area contributed by atoms with Gasteiger partial charge in [-0.3, -0.25) is 0 Å². The lowest BCUT2D eigenvalue weighted by atomic mass is 9.72. The van der Waals surface area contributed by atoms with Crippen LogP contribution in [0.5, 0.6) is 0 Å². The standard InChI is InChI=1S/C16H34N2O/c1-7-17-15(12-19-13(2)3)16(18(5)6)10-8-14(4)9-11-16/h13-15,17H,7-12H2,1-6H3. The molecule has 0 bridgehead atoms. The highest BCUT2D eigenvalue weighted by atomic mass is 16.5. The van der Waals surface area contributed by atoms with E-state index in [-0.39, 0.29) is 5.54 Å². The summed E-state index contributed by atoms with van der Waals surface area (Å²) < 4.78 is 5.92. The van der Waals surface area contributed by atoms with Crippen LogP contribution in [0.2, 0.25) is 0 Å². The molecule has 0 aliphatic heterocycles. The minimum Gasteiger partial charge on any atom is -0.377 e. The van der Waals surface area contributed by atoms with Gasteiger partial charge < -0.3 is 15.0 Å². The Morgan fingerprint density at radius 1 is 1.26 bits per heavy atom. The zero-order chi connectivity index (χ0) is 14.5. The third kappa shape index (κ3) is 4.44. The van der Waals surface area contributed by atoms with E-state index in [1.54, 1.807) is 0 Å². The average molecular weight is 270 g/mol. The number of likely N-dealkylation sites (N-methyl/N-ethyl adjacent to an activating group) is 2. The molecule has 0 spiro atoms. The molecule has 19 heavy (non-hydrogen) atoms. The van der Waals surface area contributed by atoms with Gasteiger partial charge in [0.15, 0.2) is 0 Å². The van der Waals surface area contributed by atoms with Crippen LogP contribution in [0.3, 0.4) is 0 Å². The Labute approximate surface area is 120 Å². The second kappa shape index (κ2) is 7.61. The maximum atomic E-state index is 5.92. The lowest BCUT2D eigenvalue weighted by molar-refractivity contribution is -0.0157. The third-order valence-corrected chi connectivity index (χ3v) is 4.73. The molecule has 1 atom stereocenters. The second-order valence-electron chi connectivity index (χ2n) is 6.67. The summed E-state index contributed by atoms with van der Waals surface area (Å²) in [4.78, 5) is 2.44. The van der Waals surface area contributed by atoms with Crippen molar-refractivity contribution in [3.05, 3.63) is 0 Å². The number of nitrogens with zero attached hydrogens (tertiary/aromatic N) is 1. The topological polar surface area (TPSA) is 24.5 Å². The average Bonchev–Trinajstić information content (AvgIpc) is 2.35. The summed E-state index contributed by atoms with van der Waals surface area (Å²) in [5, 5.41) is 3.68. The van der Waals surface area contributed by atoms with E-state index in [0.717, 1.165) is 19.1 Å². The first-order valence-electron chi connectivity index (χ1n) is 7.94. The van der Waals surface area contributed by atoms with Gasteiger partial charge in [-0.25, -0.2) is 0 Å². The molecule has 1 saturated carbocycles. The fourth-order valence-electron chi connectivity index (χ4n) is 3.31. The number of hydrogen-bond acceptors (Lipinski definition) is 3. The quantitative estimate of drug-likeness (QED) is 0.770.